The first-order valence-corrected chi connectivity index (χ1v) is 6.82. The third-order valence-corrected chi connectivity index (χ3v) is 3.45. The minimum atomic E-state index is 0.533. The van der Waals surface area contributed by atoms with E-state index in [4.69, 9.17) is 28.5 Å². The van der Waals surface area contributed by atoms with Crippen molar-refractivity contribution < 1.29 is 0 Å². The summed E-state index contributed by atoms with van der Waals surface area (Å²) in [5.41, 5.74) is 1.02. The van der Waals surface area contributed by atoms with Crippen molar-refractivity contribution >= 4 is 23.2 Å². The molecule has 18 heavy (non-hydrogen) atoms. The van der Waals surface area contributed by atoms with Gasteiger partial charge in [0.1, 0.15) is 0 Å². The lowest BCUT2D eigenvalue weighted by Crippen LogP contribution is -2.28. The summed E-state index contributed by atoms with van der Waals surface area (Å²) >= 11 is 12.2. The SMILES string of the molecule is CC(C)CN(CCC#N)Cc1cccc(Cl)c1Cl. The first kappa shape index (κ1) is 15.3. The molecule has 0 aliphatic heterocycles. The fraction of sp³-hybridized carbons (Fsp3) is 0.500. The summed E-state index contributed by atoms with van der Waals surface area (Å²) in [5.74, 6) is 0.557. The van der Waals surface area contributed by atoms with Gasteiger partial charge in [0.15, 0.2) is 0 Å². The van der Waals surface area contributed by atoms with Gasteiger partial charge in [-0.15, -0.1) is 0 Å². The Bertz CT molecular complexity index is 424. The van der Waals surface area contributed by atoms with Gasteiger partial charge in [0, 0.05) is 26.1 Å². The summed E-state index contributed by atoms with van der Waals surface area (Å²) in [4.78, 5) is 2.24. The maximum Gasteiger partial charge on any atom is 0.0637 e. The normalized spacial score (nSPS) is 10.9. The molecular weight excluding hydrogens is 267 g/mol. The highest BCUT2D eigenvalue weighted by atomic mass is 35.5. The smallest absolute Gasteiger partial charge is 0.0637 e. The van der Waals surface area contributed by atoms with Crippen molar-refractivity contribution in [1.82, 2.24) is 4.90 Å². The summed E-state index contributed by atoms with van der Waals surface area (Å²) in [6.07, 6.45) is 0.533. The molecule has 0 saturated carbocycles. The van der Waals surface area contributed by atoms with Crippen LogP contribution in [0.2, 0.25) is 10.0 Å². The zero-order valence-electron chi connectivity index (χ0n) is 10.8. The highest BCUT2D eigenvalue weighted by Gasteiger charge is 2.11. The second-order valence-corrected chi connectivity index (χ2v) is 5.54. The number of hydrogen-bond acceptors (Lipinski definition) is 2. The monoisotopic (exact) mass is 284 g/mol. The maximum atomic E-state index is 8.69. The van der Waals surface area contributed by atoms with E-state index in [0.717, 1.165) is 25.2 Å². The Kier molecular flexibility index (Phi) is 6.49. The number of halogens is 2. The third-order valence-electron chi connectivity index (χ3n) is 2.59. The molecule has 2 nitrogen and oxygen atoms in total. The van der Waals surface area contributed by atoms with Gasteiger partial charge in [0.2, 0.25) is 0 Å². The molecular formula is C14H18Cl2N2. The molecule has 0 heterocycles. The number of benzene rings is 1. The maximum absolute atomic E-state index is 8.69. The average Bonchev–Trinajstić information content (AvgIpc) is 2.31. The van der Waals surface area contributed by atoms with Crippen LogP contribution in [-0.4, -0.2) is 18.0 Å². The molecule has 0 N–H and O–H groups in total. The molecule has 0 amide bonds. The molecule has 0 fully saturated rings. The summed E-state index contributed by atoms with van der Waals surface area (Å²) < 4.78 is 0. The molecule has 1 rings (SSSR count). The summed E-state index contributed by atoms with van der Waals surface area (Å²) in [6.45, 7) is 6.78. The fourth-order valence-corrected chi connectivity index (χ4v) is 2.25. The van der Waals surface area contributed by atoms with Crippen molar-refractivity contribution in [2.75, 3.05) is 13.1 Å². The first-order chi connectivity index (χ1) is 8.54. The van der Waals surface area contributed by atoms with Gasteiger partial charge >= 0.3 is 0 Å². The molecule has 1 aromatic carbocycles. The molecule has 0 radical (unpaired) electrons. The number of nitrogens with zero attached hydrogens (tertiary/aromatic N) is 2. The molecule has 0 bridgehead atoms. The molecule has 0 aliphatic carbocycles. The van der Waals surface area contributed by atoms with Crippen molar-refractivity contribution in [2.45, 2.75) is 26.8 Å². The molecule has 4 heteroatoms. The van der Waals surface area contributed by atoms with Crippen LogP contribution in [0, 0.1) is 17.2 Å². The van der Waals surface area contributed by atoms with Crippen LogP contribution in [0.5, 0.6) is 0 Å². The third kappa shape index (κ3) is 4.86. The van der Waals surface area contributed by atoms with E-state index in [1.54, 1.807) is 6.07 Å². The Hall–Kier alpha value is -0.750. The van der Waals surface area contributed by atoms with Crippen LogP contribution in [0.3, 0.4) is 0 Å². The number of nitriles is 1. The number of hydrogen-bond donors (Lipinski definition) is 0. The summed E-state index contributed by atoms with van der Waals surface area (Å²) in [7, 11) is 0. The van der Waals surface area contributed by atoms with Crippen LogP contribution in [-0.2, 0) is 6.54 Å². The standard InChI is InChI=1S/C14H18Cl2N2/c1-11(2)9-18(8-4-7-17)10-12-5-3-6-13(15)14(12)16/h3,5-6,11H,4,8-10H2,1-2H3. The van der Waals surface area contributed by atoms with Crippen molar-refractivity contribution in [2.24, 2.45) is 5.92 Å². The van der Waals surface area contributed by atoms with E-state index in [2.05, 4.69) is 24.8 Å². The van der Waals surface area contributed by atoms with E-state index in [-0.39, 0.29) is 0 Å². The molecule has 0 spiro atoms. The van der Waals surface area contributed by atoms with Crippen molar-refractivity contribution in [3.8, 4) is 6.07 Å². The van der Waals surface area contributed by atoms with Crippen LogP contribution in [0.15, 0.2) is 18.2 Å². The molecule has 0 unspecified atom stereocenters. The molecule has 1 aromatic rings. The van der Waals surface area contributed by atoms with Gasteiger partial charge in [-0.1, -0.05) is 49.2 Å². The second kappa shape index (κ2) is 7.63. The predicted molar refractivity (Wildman–Crippen MR) is 76.8 cm³/mol. The van der Waals surface area contributed by atoms with Gasteiger partial charge in [-0.2, -0.15) is 5.26 Å². The van der Waals surface area contributed by atoms with Crippen LogP contribution in [0.25, 0.3) is 0 Å². The van der Waals surface area contributed by atoms with E-state index in [0.29, 0.717) is 22.4 Å². The Morgan fingerprint density at radius 1 is 1.33 bits per heavy atom. The highest BCUT2D eigenvalue weighted by Crippen LogP contribution is 2.26. The van der Waals surface area contributed by atoms with Gasteiger partial charge in [-0.25, -0.2) is 0 Å². The van der Waals surface area contributed by atoms with Crippen LogP contribution in [0.1, 0.15) is 25.8 Å². The molecule has 0 aliphatic rings. The Morgan fingerprint density at radius 3 is 2.67 bits per heavy atom. The lowest BCUT2D eigenvalue weighted by Gasteiger charge is -2.23. The van der Waals surface area contributed by atoms with Gasteiger partial charge in [-0.05, 0) is 17.5 Å². The van der Waals surface area contributed by atoms with Crippen LogP contribution < -0.4 is 0 Å². The minimum Gasteiger partial charge on any atom is -0.298 e. The highest BCUT2D eigenvalue weighted by molar-refractivity contribution is 6.42. The van der Waals surface area contributed by atoms with Gasteiger partial charge in [0.05, 0.1) is 16.1 Å². The van der Waals surface area contributed by atoms with E-state index < -0.39 is 0 Å². The minimum absolute atomic E-state index is 0.533. The van der Waals surface area contributed by atoms with Crippen molar-refractivity contribution in [3.05, 3.63) is 33.8 Å². The Balaban J connectivity index is 2.75. The largest absolute Gasteiger partial charge is 0.298 e. The summed E-state index contributed by atoms with van der Waals surface area (Å²) in [5, 5.41) is 9.89. The fourth-order valence-electron chi connectivity index (χ4n) is 1.87. The molecule has 0 aromatic heterocycles. The zero-order valence-corrected chi connectivity index (χ0v) is 12.3. The topological polar surface area (TPSA) is 27.0 Å². The van der Waals surface area contributed by atoms with E-state index in [1.807, 2.05) is 12.1 Å². The first-order valence-electron chi connectivity index (χ1n) is 6.06. The van der Waals surface area contributed by atoms with Crippen molar-refractivity contribution in [3.63, 3.8) is 0 Å². The quantitative estimate of drug-likeness (QED) is 0.776. The zero-order chi connectivity index (χ0) is 13.5. The Morgan fingerprint density at radius 2 is 2.06 bits per heavy atom. The van der Waals surface area contributed by atoms with Gasteiger partial charge in [-0.3, -0.25) is 4.90 Å². The van der Waals surface area contributed by atoms with E-state index in [1.165, 1.54) is 0 Å². The number of rotatable bonds is 6. The lowest BCUT2D eigenvalue weighted by atomic mass is 10.1. The second-order valence-electron chi connectivity index (χ2n) is 4.75. The summed E-state index contributed by atoms with van der Waals surface area (Å²) in [6, 6.07) is 7.85. The molecule has 98 valence electrons. The van der Waals surface area contributed by atoms with E-state index >= 15 is 0 Å². The van der Waals surface area contributed by atoms with E-state index in [9.17, 15) is 0 Å². The Labute approximate surface area is 119 Å². The van der Waals surface area contributed by atoms with Gasteiger partial charge < -0.3 is 0 Å². The molecule has 0 saturated heterocycles. The lowest BCUT2D eigenvalue weighted by molar-refractivity contribution is 0.241. The predicted octanol–water partition coefficient (Wildman–Crippen LogP) is 4.37. The van der Waals surface area contributed by atoms with Crippen LogP contribution in [0.4, 0.5) is 0 Å². The van der Waals surface area contributed by atoms with Crippen molar-refractivity contribution in [1.29, 1.82) is 5.26 Å². The van der Waals surface area contributed by atoms with Gasteiger partial charge in [0.25, 0.3) is 0 Å². The average molecular weight is 285 g/mol. The molecule has 0 atom stereocenters. The van der Waals surface area contributed by atoms with Crippen LogP contribution >= 0.6 is 23.2 Å².